The number of nitrogens with zero attached hydrogens (tertiary/aromatic N) is 3. The Morgan fingerprint density at radius 1 is 0.517 bits per heavy atom. The van der Waals surface area contributed by atoms with Crippen LogP contribution in [0.1, 0.15) is 0 Å². The van der Waals surface area contributed by atoms with Gasteiger partial charge >= 0.3 is 6.03 Å². The van der Waals surface area contributed by atoms with Crippen LogP contribution >= 0.6 is 22.7 Å². The Hall–Kier alpha value is -7.49. The lowest BCUT2D eigenvalue weighted by Gasteiger charge is -2.12. The molecule has 0 fully saturated rings. The highest BCUT2D eigenvalue weighted by Crippen LogP contribution is 2.35. The maximum absolute atomic E-state index is 12.7. The zero-order valence-electron chi connectivity index (χ0n) is 30.9. The molecule has 0 atom stereocenters. The number of aromatic nitrogens is 2. The third kappa shape index (κ3) is 8.50. The monoisotopic (exact) mass is 790 g/mol. The lowest BCUT2D eigenvalue weighted by Crippen LogP contribution is -2.20. The molecule has 10 heteroatoms. The molecular formula is C48H34N6O2S2. The van der Waals surface area contributed by atoms with Crippen LogP contribution in [0.2, 0.25) is 0 Å². The van der Waals surface area contributed by atoms with Crippen molar-refractivity contribution in [1.29, 1.82) is 0 Å². The number of carbonyl (C=O) groups excluding carboxylic acids is 2. The van der Waals surface area contributed by atoms with E-state index >= 15 is 0 Å². The van der Waals surface area contributed by atoms with Crippen LogP contribution in [0.25, 0.3) is 63.1 Å². The van der Waals surface area contributed by atoms with Crippen molar-refractivity contribution in [1.82, 2.24) is 9.97 Å². The number of nitrogens with two attached hydrogens (primary N) is 1. The van der Waals surface area contributed by atoms with Gasteiger partial charge in [0, 0.05) is 27.6 Å². The fourth-order valence-corrected chi connectivity index (χ4v) is 8.43. The summed E-state index contributed by atoms with van der Waals surface area (Å²) in [6.45, 7) is 0. The fraction of sp³-hybridized carbons (Fsp3) is 0. The number of nitrogen functional groups attached to an aromatic ring is 1. The number of thiazole rings is 2. The van der Waals surface area contributed by atoms with Gasteiger partial charge in [0.1, 0.15) is 10.0 Å². The maximum Gasteiger partial charge on any atom is 0.323 e. The van der Waals surface area contributed by atoms with Crippen molar-refractivity contribution in [3.8, 4) is 21.1 Å². The van der Waals surface area contributed by atoms with Gasteiger partial charge in [-0.2, -0.15) is 4.99 Å². The molecule has 0 unspecified atom stereocenters. The van der Waals surface area contributed by atoms with Gasteiger partial charge < -0.3 is 16.4 Å². The Labute approximate surface area is 342 Å². The van der Waals surface area contributed by atoms with E-state index < -0.39 is 0 Å². The number of isocyanates is 1. The first-order valence-electron chi connectivity index (χ1n) is 18.3. The number of fused-ring (bicyclic) bond motifs is 4. The number of carbonyl (C=O) groups is 1. The molecule has 0 spiro atoms. The van der Waals surface area contributed by atoms with Crippen LogP contribution in [-0.2, 0) is 4.79 Å². The van der Waals surface area contributed by atoms with E-state index in [9.17, 15) is 9.59 Å². The van der Waals surface area contributed by atoms with Gasteiger partial charge in [0.05, 0.1) is 37.5 Å². The molecule has 2 heterocycles. The van der Waals surface area contributed by atoms with Crippen LogP contribution in [-0.4, -0.2) is 22.1 Å². The molecule has 280 valence electrons. The molecule has 8 aromatic carbocycles. The smallest absolute Gasteiger partial charge is 0.323 e. The zero-order chi connectivity index (χ0) is 39.7. The number of nitrogens with one attached hydrogen (secondary N) is 2. The van der Waals surface area contributed by atoms with Crippen LogP contribution in [0.4, 0.5) is 27.5 Å². The second-order valence-electron chi connectivity index (χ2n) is 12.9. The van der Waals surface area contributed by atoms with E-state index in [-0.39, 0.29) is 6.03 Å². The van der Waals surface area contributed by atoms with Crippen LogP contribution in [0.5, 0.6) is 0 Å². The number of rotatable bonds is 5. The molecule has 0 bridgehead atoms. The summed E-state index contributed by atoms with van der Waals surface area (Å²) in [4.78, 5) is 35.8. The molecule has 0 aliphatic rings. The topological polar surface area (TPSA) is 122 Å². The Balaban J connectivity index is 0.000000136. The van der Waals surface area contributed by atoms with E-state index in [2.05, 4.69) is 32.7 Å². The van der Waals surface area contributed by atoms with Crippen LogP contribution in [0.3, 0.4) is 0 Å². The van der Waals surface area contributed by atoms with Crippen molar-refractivity contribution < 1.29 is 9.59 Å². The van der Waals surface area contributed by atoms with Gasteiger partial charge in [-0.3, -0.25) is 0 Å². The van der Waals surface area contributed by atoms with Gasteiger partial charge in [0.2, 0.25) is 6.08 Å². The SMILES string of the molecule is Nc1ccccc1-c1nc2ccccc2s1.O=C(Nc1ccccc1-c1nc2ccccc2s1)Nc1cccc2ccccc12.O=C=Nc1cccc2ccccc12. The van der Waals surface area contributed by atoms with Gasteiger partial charge in [0.15, 0.2) is 0 Å². The second kappa shape index (κ2) is 17.5. The Morgan fingerprint density at radius 3 is 1.67 bits per heavy atom. The van der Waals surface area contributed by atoms with Gasteiger partial charge in [0.25, 0.3) is 0 Å². The molecule has 4 N–H and O–H groups in total. The molecule has 0 aliphatic heterocycles. The molecule has 0 saturated carbocycles. The molecule has 10 aromatic rings. The van der Waals surface area contributed by atoms with E-state index in [1.54, 1.807) is 34.8 Å². The molecule has 0 radical (unpaired) electrons. The van der Waals surface area contributed by atoms with Gasteiger partial charge in [-0.1, -0.05) is 121 Å². The van der Waals surface area contributed by atoms with Crippen LogP contribution in [0.15, 0.2) is 187 Å². The average molecular weight is 791 g/mol. The number of hydrogen-bond donors (Lipinski definition) is 3. The quantitative estimate of drug-likeness (QED) is 0.0910. The van der Waals surface area contributed by atoms with E-state index in [0.717, 1.165) is 75.5 Å². The predicted octanol–water partition coefficient (Wildman–Crippen LogP) is 13.1. The van der Waals surface area contributed by atoms with Crippen molar-refractivity contribution in [2.75, 3.05) is 16.4 Å². The van der Waals surface area contributed by atoms with Crippen LogP contribution in [0, 0.1) is 0 Å². The van der Waals surface area contributed by atoms with Gasteiger partial charge in [-0.15, -0.1) is 22.7 Å². The van der Waals surface area contributed by atoms with E-state index in [4.69, 9.17) is 10.7 Å². The first-order valence-corrected chi connectivity index (χ1v) is 19.9. The molecule has 2 aromatic heterocycles. The van der Waals surface area contributed by atoms with E-state index in [1.165, 1.54) is 4.70 Å². The molecule has 58 heavy (non-hydrogen) atoms. The molecule has 8 nitrogen and oxygen atoms in total. The summed E-state index contributed by atoms with van der Waals surface area (Å²) >= 11 is 3.29. The maximum atomic E-state index is 12.7. The summed E-state index contributed by atoms with van der Waals surface area (Å²) in [7, 11) is 0. The standard InChI is InChI=1S/C24H17N3OS.C13H10N2S.C11H7NO/c28-24(26-19-14-7-9-16-8-1-2-10-17(16)19)27-20-12-4-3-11-18(20)23-25-21-13-5-6-15-22(21)29-23;14-10-6-2-1-5-9(10)13-15-11-7-3-4-8-12(11)16-13;13-8-12-11-7-3-5-9-4-1-2-6-10(9)11/h1-15H,(H2,26,27,28);1-8H,14H2;1-7H. The lowest BCUT2D eigenvalue weighted by molar-refractivity contribution is 0.262. The Kier molecular flexibility index (Phi) is 11.3. The number of para-hydroxylation sites is 4. The number of urea groups is 1. The van der Waals surface area contributed by atoms with E-state index in [0.29, 0.717) is 5.69 Å². The minimum absolute atomic E-state index is 0.282. The molecule has 0 aliphatic carbocycles. The summed E-state index contributed by atoms with van der Waals surface area (Å²) < 4.78 is 2.32. The van der Waals surface area contributed by atoms with Crippen LogP contribution < -0.4 is 16.4 Å². The Morgan fingerprint density at radius 2 is 1.00 bits per heavy atom. The number of aliphatic imine (C=N–C) groups is 1. The molecule has 0 saturated heterocycles. The summed E-state index contributed by atoms with van der Waals surface area (Å²) in [5.41, 5.74) is 12.8. The van der Waals surface area contributed by atoms with Crippen molar-refractivity contribution in [3.63, 3.8) is 0 Å². The van der Waals surface area contributed by atoms with Gasteiger partial charge in [-0.25, -0.2) is 19.6 Å². The van der Waals surface area contributed by atoms with E-state index in [1.807, 2.05) is 164 Å². The normalized spacial score (nSPS) is 10.6. The summed E-state index contributed by atoms with van der Waals surface area (Å²) in [6.07, 6.45) is 1.55. The fourth-order valence-electron chi connectivity index (χ4n) is 6.41. The summed E-state index contributed by atoms with van der Waals surface area (Å²) in [5.74, 6) is 0. The first kappa shape index (κ1) is 37.4. The number of benzene rings is 8. The van der Waals surface area contributed by atoms with Crippen molar-refractivity contribution in [2.24, 2.45) is 4.99 Å². The zero-order valence-corrected chi connectivity index (χ0v) is 32.5. The minimum atomic E-state index is -0.282. The number of amides is 2. The third-order valence-electron chi connectivity index (χ3n) is 9.16. The molecule has 10 rings (SSSR count). The highest BCUT2D eigenvalue weighted by Gasteiger charge is 2.13. The highest BCUT2D eigenvalue weighted by molar-refractivity contribution is 7.22. The van der Waals surface area contributed by atoms with Crippen molar-refractivity contribution in [2.45, 2.75) is 0 Å². The highest BCUT2D eigenvalue weighted by atomic mass is 32.1. The van der Waals surface area contributed by atoms with Gasteiger partial charge in [-0.05, 0) is 71.4 Å². The molecular weight excluding hydrogens is 757 g/mol. The predicted molar refractivity (Wildman–Crippen MR) is 243 cm³/mol. The van der Waals surface area contributed by atoms with Crippen molar-refractivity contribution >= 4 is 99.5 Å². The molecule has 2 amide bonds. The number of anilines is 3. The summed E-state index contributed by atoms with van der Waals surface area (Å²) in [6, 6.07) is 58.8. The third-order valence-corrected chi connectivity index (χ3v) is 11.3. The average Bonchev–Trinajstić information content (AvgIpc) is 3.90. The summed E-state index contributed by atoms with van der Waals surface area (Å²) in [5, 5.41) is 12.0. The second-order valence-corrected chi connectivity index (χ2v) is 15.0. The largest absolute Gasteiger partial charge is 0.398 e. The number of hydrogen-bond acceptors (Lipinski definition) is 8. The Bertz CT molecular complexity index is 3020. The van der Waals surface area contributed by atoms with Crippen molar-refractivity contribution in [3.05, 3.63) is 182 Å². The minimum Gasteiger partial charge on any atom is -0.398 e. The lowest BCUT2D eigenvalue weighted by atomic mass is 10.1. The first-order chi connectivity index (χ1) is 28.5.